The molecule has 1 aromatic carbocycles. The molecule has 3 rings (SSSR count). The molecule has 0 radical (unpaired) electrons. The molecule has 1 aromatic heterocycles. The number of nitrogens with one attached hydrogen (secondary N) is 1. The predicted octanol–water partition coefficient (Wildman–Crippen LogP) is 2.67. The summed E-state index contributed by atoms with van der Waals surface area (Å²) in [6.07, 6.45) is 2.14. The molecule has 0 atom stereocenters. The van der Waals surface area contributed by atoms with Gasteiger partial charge in [-0.05, 0) is 31.9 Å². The molecule has 1 aliphatic carbocycles. The molecule has 0 spiro atoms. The SMILES string of the molecule is Cc1c(C(=O)N(C)C)oc2c1/C(=N/NC(=O)c1ccc([N+](=O)[O-])cc1)CCC2. The molecular formula is C19H20N4O5. The van der Waals surface area contributed by atoms with E-state index >= 15 is 0 Å². The van der Waals surface area contributed by atoms with Crippen molar-refractivity contribution in [1.29, 1.82) is 0 Å². The van der Waals surface area contributed by atoms with Crippen LogP contribution >= 0.6 is 0 Å². The van der Waals surface area contributed by atoms with Crippen molar-refractivity contribution in [2.24, 2.45) is 5.10 Å². The molecule has 1 N–H and O–H groups in total. The van der Waals surface area contributed by atoms with Crippen molar-refractivity contribution in [3.8, 4) is 0 Å². The van der Waals surface area contributed by atoms with Gasteiger partial charge in [0.2, 0.25) is 0 Å². The first-order valence-corrected chi connectivity index (χ1v) is 8.75. The number of carbonyl (C=O) groups is 2. The van der Waals surface area contributed by atoms with E-state index in [-0.39, 0.29) is 22.9 Å². The Kier molecular flexibility index (Phi) is 5.25. The van der Waals surface area contributed by atoms with Crippen molar-refractivity contribution in [3.05, 3.63) is 62.6 Å². The molecule has 0 aliphatic heterocycles. The highest BCUT2D eigenvalue weighted by Gasteiger charge is 2.28. The maximum Gasteiger partial charge on any atom is 0.289 e. The summed E-state index contributed by atoms with van der Waals surface area (Å²) in [5.41, 5.74) is 4.78. The van der Waals surface area contributed by atoms with Crippen molar-refractivity contribution in [1.82, 2.24) is 10.3 Å². The third-order valence-corrected chi connectivity index (χ3v) is 4.56. The number of aryl methyl sites for hydroxylation is 1. The fourth-order valence-electron chi connectivity index (χ4n) is 3.10. The average Bonchev–Trinajstić information content (AvgIpc) is 3.02. The Balaban J connectivity index is 1.84. The van der Waals surface area contributed by atoms with Crippen LogP contribution in [0.1, 0.15) is 50.6 Å². The number of hydrogen-bond acceptors (Lipinski definition) is 6. The normalized spacial score (nSPS) is 14.5. The number of nitro groups is 1. The van der Waals surface area contributed by atoms with Gasteiger partial charge >= 0.3 is 0 Å². The number of benzene rings is 1. The summed E-state index contributed by atoms with van der Waals surface area (Å²) in [7, 11) is 3.31. The van der Waals surface area contributed by atoms with E-state index in [2.05, 4.69) is 10.5 Å². The summed E-state index contributed by atoms with van der Waals surface area (Å²) in [6.45, 7) is 1.80. The minimum atomic E-state index is -0.528. The number of hydrogen-bond donors (Lipinski definition) is 1. The fraction of sp³-hybridized carbons (Fsp3) is 0.316. The Labute approximate surface area is 161 Å². The van der Waals surface area contributed by atoms with Crippen LogP contribution in [0.4, 0.5) is 5.69 Å². The van der Waals surface area contributed by atoms with Gasteiger partial charge in [0.05, 0.1) is 10.6 Å². The summed E-state index contributed by atoms with van der Waals surface area (Å²) in [5, 5.41) is 14.9. The number of rotatable bonds is 4. The molecule has 0 saturated heterocycles. The van der Waals surface area contributed by atoms with Gasteiger partial charge in [-0.3, -0.25) is 19.7 Å². The van der Waals surface area contributed by atoms with Gasteiger partial charge in [0.25, 0.3) is 17.5 Å². The summed E-state index contributed by atoms with van der Waals surface area (Å²) < 4.78 is 5.77. The van der Waals surface area contributed by atoms with Gasteiger partial charge in [0.1, 0.15) is 5.76 Å². The lowest BCUT2D eigenvalue weighted by atomic mass is 9.93. The molecule has 9 heteroatoms. The first kappa shape index (κ1) is 19.3. The van der Waals surface area contributed by atoms with Crippen molar-refractivity contribution >= 4 is 23.2 Å². The van der Waals surface area contributed by atoms with E-state index < -0.39 is 10.8 Å². The molecule has 1 aliphatic rings. The minimum absolute atomic E-state index is 0.0908. The highest BCUT2D eigenvalue weighted by Crippen LogP contribution is 2.30. The number of nitrogens with zero attached hydrogens (tertiary/aromatic N) is 3. The van der Waals surface area contributed by atoms with Gasteiger partial charge < -0.3 is 9.32 Å². The second-order valence-electron chi connectivity index (χ2n) is 6.71. The lowest BCUT2D eigenvalue weighted by Crippen LogP contribution is -2.23. The van der Waals surface area contributed by atoms with Crippen LogP contribution in [0, 0.1) is 17.0 Å². The maximum atomic E-state index is 12.3. The average molecular weight is 384 g/mol. The zero-order chi connectivity index (χ0) is 20.4. The Morgan fingerprint density at radius 2 is 1.89 bits per heavy atom. The number of amides is 2. The van der Waals surface area contributed by atoms with Gasteiger partial charge in [-0.1, -0.05) is 0 Å². The predicted molar refractivity (Wildman–Crippen MR) is 102 cm³/mol. The molecule has 2 aromatic rings. The van der Waals surface area contributed by atoms with Crippen molar-refractivity contribution < 1.29 is 18.9 Å². The molecular weight excluding hydrogens is 364 g/mol. The second kappa shape index (κ2) is 7.63. The fourth-order valence-corrected chi connectivity index (χ4v) is 3.10. The van der Waals surface area contributed by atoms with Gasteiger partial charge in [0, 0.05) is 49.3 Å². The Morgan fingerprint density at radius 3 is 2.50 bits per heavy atom. The Bertz CT molecular complexity index is 973. The lowest BCUT2D eigenvalue weighted by Gasteiger charge is -2.13. The maximum absolute atomic E-state index is 12.3. The van der Waals surface area contributed by atoms with Gasteiger partial charge in [-0.25, -0.2) is 5.43 Å². The van der Waals surface area contributed by atoms with Gasteiger partial charge in [-0.2, -0.15) is 5.10 Å². The number of carbonyl (C=O) groups excluding carboxylic acids is 2. The van der Waals surface area contributed by atoms with Crippen LogP contribution in [0.2, 0.25) is 0 Å². The number of fused-ring (bicyclic) bond motifs is 1. The van der Waals surface area contributed by atoms with Gasteiger partial charge in [-0.15, -0.1) is 0 Å². The summed E-state index contributed by atoms with van der Waals surface area (Å²) in [6, 6.07) is 5.27. The topological polar surface area (TPSA) is 118 Å². The molecule has 9 nitrogen and oxygen atoms in total. The van der Waals surface area contributed by atoms with Crippen LogP contribution in [0.3, 0.4) is 0 Å². The molecule has 0 unspecified atom stereocenters. The third-order valence-electron chi connectivity index (χ3n) is 4.56. The van der Waals surface area contributed by atoms with Crippen molar-refractivity contribution in [3.63, 3.8) is 0 Å². The lowest BCUT2D eigenvalue weighted by molar-refractivity contribution is -0.384. The largest absolute Gasteiger partial charge is 0.455 e. The van der Waals surface area contributed by atoms with Crippen molar-refractivity contribution in [2.75, 3.05) is 14.1 Å². The summed E-state index contributed by atoms with van der Waals surface area (Å²) in [4.78, 5) is 36.2. The zero-order valence-corrected chi connectivity index (χ0v) is 15.8. The molecule has 0 saturated carbocycles. The van der Waals surface area contributed by atoms with Crippen LogP contribution in [0.15, 0.2) is 33.8 Å². The smallest absolute Gasteiger partial charge is 0.289 e. The van der Waals surface area contributed by atoms with Crippen LogP contribution < -0.4 is 5.43 Å². The first-order valence-electron chi connectivity index (χ1n) is 8.75. The molecule has 2 amide bonds. The van der Waals surface area contributed by atoms with Crippen LogP contribution in [-0.2, 0) is 6.42 Å². The molecule has 1 heterocycles. The van der Waals surface area contributed by atoms with Gasteiger partial charge in [0.15, 0.2) is 5.76 Å². The zero-order valence-electron chi connectivity index (χ0n) is 15.8. The summed E-state index contributed by atoms with van der Waals surface area (Å²) >= 11 is 0. The molecule has 0 bridgehead atoms. The second-order valence-corrected chi connectivity index (χ2v) is 6.71. The molecule has 146 valence electrons. The Morgan fingerprint density at radius 1 is 1.21 bits per heavy atom. The molecule has 0 fully saturated rings. The van der Waals surface area contributed by atoms with Crippen molar-refractivity contribution in [2.45, 2.75) is 26.2 Å². The summed E-state index contributed by atoms with van der Waals surface area (Å²) in [5.74, 6) is 0.282. The Hall–Kier alpha value is -3.49. The van der Waals surface area contributed by atoms with E-state index in [0.29, 0.717) is 29.9 Å². The number of hydrazone groups is 1. The number of furan rings is 1. The van der Waals surface area contributed by atoms with Crippen LogP contribution in [0.25, 0.3) is 0 Å². The van der Waals surface area contributed by atoms with E-state index in [9.17, 15) is 19.7 Å². The van der Waals surface area contributed by atoms with E-state index in [1.54, 1.807) is 21.0 Å². The first-order chi connectivity index (χ1) is 13.3. The van der Waals surface area contributed by atoms with E-state index in [1.165, 1.54) is 29.2 Å². The van der Waals surface area contributed by atoms with E-state index in [0.717, 1.165) is 12.0 Å². The third kappa shape index (κ3) is 3.64. The quantitative estimate of drug-likeness (QED) is 0.642. The van der Waals surface area contributed by atoms with E-state index in [1.807, 2.05) is 0 Å². The minimum Gasteiger partial charge on any atom is -0.455 e. The standard InChI is InChI=1S/C19H20N4O5/c1-11-16-14(5-4-6-15(16)28-17(11)19(25)22(2)3)20-21-18(24)12-7-9-13(10-8-12)23(26)27/h7-10H,4-6H2,1-3H3,(H,21,24)/b20-14+. The monoisotopic (exact) mass is 384 g/mol. The highest BCUT2D eigenvalue weighted by atomic mass is 16.6. The highest BCUT2D eigenvalue weighted by molar-refractivity contribution is 6.07. The van der Waals surface area contributed by atoms with Crippen LogP contribution in [-0.4, -0.2) is 41.4 Å². The van der Waals surface area contributed by atoms with Crippen LogP contribution in [0.5, 0.6) is 0 Å². The number of nitro benzene ring substituents is 1. The number of non-ortho nitro benzene ring substituents is 1. The van der Waals surface area contributed by atoms with E-state index in [4.69, 9.17) is 4.42 Å². The molecule has 28 heavy (non-hydrogen) atoms.